The van der Waals surface area contributed by atoms with Gasteiger partial charge in [0.25, 0.3) is 0 Å². The highest BCUT2D eigenvalue weighted by molar-refractivity contribution is 6.21. The minimum atomic E-state index is 0.284. The number of hydrogen-bond acceptors (Lipinski definition) is 1. The lowest BCUT2D eigenvalue weighted by Gasteiger charge is -2.04. The van der Waals surface area contributed by atoms with Crippen LogP contribution in [-0.2, 0) is 4.74 Å². The van der Waals surface area contributed by atoms with Crippen molar-refractivity contribution in [3.05, 3.63) is 0 Å². The molecule has 0 radical (unpaired) electrons. The molecule has 1 fully saturated rings. The van der Waals surface area contributed by atoms with Crippen LogP contribution in [0.25, 0.3) is 0 Å². The highest BCUT2D eigenvalue weighted by atomic mass is 35.5. The van der Waals surface area contributed by atoms with Crippen molar-refractivity contribution in [2.75, 3.05) is 6.61 Å². The van der Waals surface area contributed by atoms with Crippen molar-refractivity contribution in [1.82, 2.24) is 0 Å². The van der Waals surface area contributed by atoms with Gasteiger partial charge in [-0.3, -0.25) is 0 Å². The number of epoxide rings is 1. The van der Waals surface area contributed by atoms with Crippen molar-refractivity contribution in [3.8, 4) is 0 Å². The third kappa shape index (κ3) is 3.97. The van der Waals surface area contributed by atoms with Crippen molar-refractivity contribution in [3.63, 3.8) is 0 Å². The van der Waals surface area contributed by atoms with Crippen molar-refractivity contribution in [2.45, 2.75) is 50.5 Å². The molecule has 0 aromatic heterocycles. The first-order valence-corrected chi connectivity index (χ1v) is 5.04. The van der Waals surface area contributed by atoms with E-state index in [0.29, 0.717) is 6.10 Å². The molecule has 2 heteroatoms. The second-order valence-corrected chi connectivity index (χ2v) is 3.80. The molecule has 0 aliphatic carbocycles. The van der Waals surface area contributed by atoms with Gasteiger partial charge >= 0.3 is 0 Å². The second kappa shape index (κ2) is 5.00. The molecule has 1 aliphatic heterocycles. The molecule has 0 amide bonds. The summed E-state index contributed by atoms with van der Waals surface area (Å²) in [5.74, 6) is 0. The van der Waals surface area contributed by atoms with Crippen molar-refractivity contribution < 1.29 is 4.74 Å². The average Bonchev–Trinajstić information content (AvgIpc) is 2.79. The Morgan fingerprint density at radius 2 is 2.18 bits per heavy atom. The largest absolute Gasteiger partial charge is 0.372 e. The molecule has 0 aromatic rings. The zero-order valence-corrected chi connectivity index (χ0v) is 7.94. The summed E-state index contributed by atoms with van der Waals surface area (Å²) in [5, 5.41) is 0.284. The maximum absolute atomic E-state index is 6.03. The highest BCUT2D eigenvalue weighted by Gasteiger charge is 2.30. The Balaban J connectivity index is 1.85. The van der Waals surface area contributed by atoms with E-state index in [2.05, 4.69) is 6.92 Å². The first kappa shape index (κ1) is 9.34. The molecule has 1 unspecified atom stereocenters. The van der Waals surface area contributed by atoms with Gasteiger partial charge in [-0.05, 0) is 6.42 Å². The van der Waals surface area contributed by atoms with E-state index in [4.69, 9.17) is 16.3 Å². The van der Waals surface area contributed by atoms with Gasteiger partial charge in [-0.25, -0.2) is 0 Å². The van der Waals surface area contributed by atoms with Crippen molar-refractivity contribution in [1.29, 1.82) is 0 Å². The molecule has 1 aliphatic rings. The number of unbranched alkanes of at least 4 members (excludes halogenated alkanes) is 3. The average molecular weight is 177 g/mol. The number of alkyl halides is 1. The van der Waals surface area contributed by atoms with Gasteiger partial charge in [-0.2, -0.15) is 0 Å². The SMILES string of the molecule is CCCCCCC(Cl)[C@@H]1CO1. The zero-order chi connectivity index (χ0) is 8.10. The monoisotopic (exact) mass is 176 g/mol. The lowest BCUT2D eigenvalue weighted by atomic mass is 10.1. The molecule has 0 aromatic carbocycles. The summed E-state index contributed by atoms with van der Waals surface area (Å²) in [4.78, 5) is 0. The molecule has 2 atom stereocenters. The van der Waals surface area contributed by atoms with Crippen LogP contribution in [0.5, 0.6) is 0 Å². The lowest BCUT2D eigenvalue weighted by Crippen LogP contribution is -2.06. The van der Waals surface area contributed by atoms with Gasteiger partial charge in [0.15, 0.2) is 0 Å². The van der Waals surface area contributed by atoms with E-state index in [1.54, 1.807) is 0 Å². The van der Waals surface area contributed by atoms with Gasteiger partial charge in [0.05, 0.1) is 18.1 Å². The molecule has 1 nitrogen and oxygen atoms in total. The summed E-state index contributed by atoms with van der Waals surface area (Å²) in [7, 11) is 0. The Morgan fingerprint density at radius 1 is 1.45 bits per heavy atom. The molecule has 0 bridgehead atoms. The Morgan fingerprint density at radius 3 is 2.73 bits per heavy atom. The Bertz CT molecular complexity index is 102. The molecule has 0 spiro atoms. The minimum absolute atomic E-state index is 0.284. The quantitative estimate of drug-likeness (QED) is 0.345. The van der Waals surface area contributed by atoms with E-state index in [1.807, 2.05) is 0 Å². The third-order valence-electron chi connectivity index (χ3n) is 2.10. The molecule has 1 rings (SSSR count). The van der Waals surface area contributed by atoms with Gasteiger partial charge in [-0.1, -0.05) is 32.6 Å². The van der Waals surface area contributed by atoms with Crippen LogP contribution in [0.2, 0.25) is 0 Å². The summed E-state index contributed by atoms with van der Waals surface area (Å²) < 4.78 is 5.10. The Kier molecular flexibility index (Phi) is 4.24. The fourth-order valence-electron chi connectivity index (χ4n) is 1.22. The standard InChI is InChI=1S/C9H17ClO/c1-2-3-4-5-6-8(10)9-7-11-9/h8-9H,2-7H2,1H3/t8?,9-/m0/s1. The van der Waals surface area contributed by atoms with E-state index >= 15 is 0 Å². The Hall–Kier alpha value is 0.250. The molecule has 11 heavy (non-hydrogen) atoms. The zero-order valence-electron chi connectivity index (χ0n) is 7.18. The predicted octanol–water partition coefficient (Wildman–Crippen LogP) is 2.96. The minimum Gasteiger partial charge on any atom is -0.372 e. The van der Waals surface area contributed by atoms with Crippen LogP contribution in [0.1, 0.15) is 39.0 Å². The summed E-state index contributed by atoms with van der Waals surface area (Å²) >= 11 is 6.03. The number of halogens is 1. The highest BCUT2D eigenvalue weighted by Crippen LogP contribution is 2.23. The maximum atomic E-state index is 6.03. The lowest BCUT2D eigenvalue weighted by molar-refractivity contribution is 0.391. The topological polar surface area (TPSA) is 12.5 Å². The summed E-state index contributed by atoms with van der Waals surface area (Å²) in [6, 6.07) is 0. The first-order chi connectivity index (χ1) is 5.34. The van der Waals surface area contributed by atoms with Gasteiger partial charge in [-0.15, -0.1) is 11.6 Å². The summed E-state index contributed by atoms with van der Waals surface area (Å²) in [6.07, 6.45) is 6.75. The van der Waals surface area contributed by atoms with Crippen LogP contribution in [0.3, 0.4) is 0 Å². The van der Waals surface area contributed by atoms with Gasteiger partial charge < -0.3 is 4.74 Å². The fraction of sp³-hybridized carbons (Fsp3) is 1.00. The molecular formula is C9H17ClO. The molecule has 66 valence electrons. The molecule has 0 N–H and O–H groups in total. The summed E-state index contributed by atoms with van der Waals surface area (Å²) in [5.41, 5.74) is 0. The molecule has 1 saturated heterocycles. The summed E-state index contributed by atoms with van der Waals surface area (Å²) in [6.45, 7) is 3.12. The Labute approximate surface area is 74.1 Å². The molecule has 0 saturated carbocycles. The molecule has 1 heterocycles. The number of ether oxygens (including phenoxy) is 1. The second-order valence-electron chi connectivity index (χ2n) is 3.24. The van der Waals surface area contributed by atoms with Gasteiger partial charge in [0.2, 0.25) is 0 Å². The van der Waals surface area contributed by atoms with Crippen LogP contribution in [-0.4, -0.2) is 18.1 Å². The normalized spacial score (nSPS) is 25.1. The fourth-order valence-corrected chi connectivity index (χ4v) is 1.52. The van der Waals surface area contributed by atoms with E-state index in [9.17, 15) is 0 Å². The predicted molar refractivity (Wildman–Crippen MR) is 48.1 cm³/mol. The van der Waals surface area contributed by atoms with Crippen LogP contribution >= 0.6 is 11.6 Å². The van der Waals surface area contributed by atoms with Crippen LogP contribution < -0.4 is 0 Å². The van der Waals surface area contributed by atoms with E-state index < -0.39 is 0 Å². The van der Waals surface area contributed by atoms with Crippen LogP contribution in [0.15, 0.2) is 0 Å². The number of rotatable bonds is 6. The van der Waals surface area contributed by atoms with E-state index in [-0.39, 0.29) is 5.38 Å². The molecular weight excluding hydrogens is 160 g/mol. The third-order valence-corrected chi connectivity index (χ3v) is 2.60. The van der Waals surface area contributed by atoms with Gasteiger partial charge in [0.1, 0.15) is 0 Å². The smallest absolute Gasteiger partial charge is 0.0972 e. The van der Waals surface area contributed by atoms with E-state index in [0.717, 1.165) is 13.0 Å². The van der Waals surface area contributed by atoms with Crippen molar-refractivity contribution >= 4 is 11.6 Å². The van der Waals surface area contributed by atoms with Crippen molar-refractivity contribution in [2.24, 2.45) is 0 Å². The number of hydrogen-bond donors (Lipinski definition) is 0. The van der Waals surface area contributed by atoms with E-state index in [1.165, 1.54) is 25.7 Å². The first-order valence-electron chi connectivity index (χ1n) is 4.60. The van der Waals surface area contributed by atoms with Crippen LogP contribution in [0.4, 0.5) is 0 Å². The van der Waals surface area contributed by atoms with Gasteiger partial charge in [0, 0.05) is 0 Å². The maximum Gasteiger partial charge on any atom is 0.0972 e. The van der Waals surface area contributed by atoms with Crippen LogP contribution in [0, 0.1) is 0 Å².